The van der Waals surface area contributed by atoms with Crippen LogP contribution in [-0.4, -0.2) is 19.7 Å². The molecule has 1 unspecified atom stereocenters. The summed E-state index contributed by atoms with van der Waals surface area (Å²) in [6, 6.07) is 6.23. The Bertz CT molecular complexity index is 362. The molecule has 1 atom stereocenters. The molecular formula is C12H14FNO2. The van der Waals surface area contributed by atoms with Crippen molar-refractivity contribution in [3.8, 4) is 5.75 Å². The van der Waals surface area contributed by atoms with Crippen LogP contribution in [0.5, 0.6) is 5.75 Å². The molecule has 1 aromatic carbocycles. The minimum Gasteiger partial charge on any atom is -0.497 e. The van der Waals surface area contributed by atoms with Crippen LogP contribution in [0, 0.1) is 0 Å². The first-order valence-corrected chi connectivity index (χ1v) is 4.84. The first-order valence-electron chi connectivity index (χ1n) is 4.84. The molecule has 1 rings (SSSR count). The molecule has 1 N–H and O–H groups in total. The molecule has 0 bridgehead atoms. The van der Waals surface area contributed by atoms with Gasteiger partial charge in [-0.3, -0.25) is 4.79 Å². The molecule has 4 heteroatoms. The Kier molecular flexibility index (Phi) is 4.51. The maximum Gasteiger partial charge on any atom is 0.243 e. The van der Waals surface area contributed by atoms with E-state index in [1.807, 2.05) is 0 Å². The SMILES string of the molecule is C=CC(=O)NC(CF)c1ccc(OC)cc1. The molecule has 0 saturated carbocycles. The fourth-order valence-corrected chi connectivity index (χ4v) is 1.28. The van der Waals surface area contributed by atoms with Crippen molar-refractivity contribution in [3.05, 3.63) is 42.5 Å². The normalized spacial score (nSPS) is 11.6. The number of amides is 1. The summed E-state index contributed by atoms with van der Waals surface area (Å²) in [5.41, 5.74) is 0.693. The van der Waals surface area contributed by atoms with Crippen molar-refractivity contribution in [1.82, 2.24) is 5.32 Å². The zero-order chi connectivity index (χ0) is 12.0. The van der Waals surface area contributed by atoms with Gasteiger partial charge in [0.05, 0.1) is 13.2 Å². The zero-order valence-electron chi connectivity index (χ0n) is 9.07. The molecule has 1 aromatic rings. The lowest BCUT2D eigenvalue weighted by Crippen LogP contribution is -2.28. The van der Waals surface area contributed by atoms with E-state index >= 15 is 0 Å². The maximum atomic E-state index is 12.7. The number of alkyl halides is 1. The smallest absolute Gasteiger partial charge is 0.243 e. The number of ether oxygens (including phenoxy) is 1. The van der Waals surface area contributed by atoms with Crippen molar-refractivity contribution in [1.29, 1.82) is 0 Å². The van der Waals surface area contributed by atoms with Crippen molar-refractivity contribution in [3.63, 3.8) is 0 Å². The summed E-state index contributed by atoms with van der Waals surface area (Å²) in [4.78, 5) is 11.1. The molecule has 86 valence electrons. The number of benzene rings is 1. The van der Waals surface area contributed by atoms with Crippen LogP contribution in [0.4, 0.5) is 4.39 Å². The summed E-state index contributed by atoms with van der Waals surface area (Å²) < 4.78 is 17.7. The standard InChI is InChI=1S/C12H14FNO2/c1-3-12(15)14-11(8-13)9-4-6-10(16-2)7-5-9/h3-7,11H,1,8H2,2H3,(H,14,15). The lowest BCUT2D eigenvalue weighted by molar-refractivity contribution is -0.117. The Morgan fingerprint density at radius 3 is 2.62 bits per heavy atom. The molecule has 0 aromatic heterocycles. The average molecular weight is 223 g/mol. The Balaban J connectivity index is 2.78. The molecule has 3 nitrogen and oxygen atoms in total. The van der Waals surface area contributed by atoms with Gasteiger partial charge in [0.2, 0.25) is 5.91 Å². The van der Waals surface area contributed by atoms with Gasteiger partial charge in [-0.25, -0.2) is 4.39 Å². The number of carbonyl (C=O) groups excluding carboxylic acids is 1. The summed E-state index contributed by atoms with van der Waals surface area (Å²) in [6.07, 6.45) is 1.12. The zero-order valence-corrected chi connectivity index (χ0v) is 9.07. The number of hydrogen-bond donors (Lipinski definition) is 1. The van der Waals surface area contributed by atoms with Gasteiger partial charge >= 0.3 is 0 Å². The van der Waals surface area contributed by atoms with Crippen LogP contribution in [0.1, 0.15) is 11.6 Å². The molecule has 1 amide bonds. The van der Waals surface area contributed by atoms with Gasteiger partial charge in [0.25, 0.3) is 0 Å². The van der Waals surface area contributed by atoms with E-state index in [9.17, 15) is 9.18 Å². The van der Waals surface area contributed by atoms with Gasteiger partial charge < -0.3 is 10.1 Å². The van der Waals surface area contributed by atoms with Gasteiger partial charge in [0, 0.05) is 0 Å². The highest BCUT2D eigenvalue weighted by Crippen LogP contribution is 2.18. The van der Waals surface area contributed by atoms with Crippen LogP contribution in [0.25, 0.3) is 0 Å². The fraction of sp³-hybridized carbons (Fsp3) is 0.250. The fourth-order valence-electron chi connectivity index (χ4n) is 1.28. The molecular weight excluding hydrogens is 209 g/mol. The second-order valence-electron chi connectivity index (χ2n) is 3.19. The minimum absolute atomic E-state index is 0.390. The van der Waals surface area contributed by atoms with Gasteiger partial charge in [-0.05, 0) is 23.8 Å². The highest BCUT2D eigenvalue weighted by Gasteiger charge is 2.12. The second kappa shape index (κ2) is 5.90. The Morgan fingerprint density at radius 1 is 1.56 bits per heavy atom. The van der Waals surface area contributed by atoms with E-state index < -0.39 is 18.6 Å². The number of nitrogens with one attached hydrogen (secondary N) is 1. The minimum atomic E-state index is -0.661. The van der Waals surface area contributed by atoms with Crippen LogP contribution in [0.2, 0.25) is 0 Å². The summed E-state index contributed by atoms with van der Waals surface area (Å²) in [7, 11) is 1.56. The van der Waals surface area contributed by atoms with Crippen LogP contribution in [0.15, 0.2) is 36.9 Å². The molecule has 0 aliphatic rings. The predicted molar refractivity (Wildman–Crippen MR) is 60.0 cm³/mol. The third-order valence-corrected chi connectivity index (χ3v) is 2.17. The van der Waals surface area contributed by atoms with Crippen LogP contribution < -0.4 is 10.1 Å². The summed E-state index contributed by atoms with van der Waals surface area (Å²) in [5, 5.41) is 2.50. The molecule has 0 heterocycles. The Labute approximate surface area is 93.9 Å². The second-order valence-corrected chi connectivity index (χ2v) is 3.19. The third kappa shape index (κ3) is 3.08. The van der Waals surface area contributed by atoms with Gasteiger partial charge in [-0.1, -0.05) is 18.7 Å². The van der Waals surface area contributed by atoms with Crippen LogP contribution in [0.3, 0.4) is 0 Å². The quantitative estimate of drug-likeness (QED) is 0.775. The van der Waals surface area contributed by atoms with Crippen molar-refractivity contribution >= 4 is 5.91 Å². The van der Waals surface area contributed by atoms with E-state index in [0.717, 1.165) is 6.08 Å². The number of hydrogen-bond acceptors (Lipinski definition) is 2. The first kappa shape index (κ1) is 12.2. The topological polar surface area (TPSA) is 38.3 Å². The van der Waals surface area contributed by atoms with E-state index in [0.29, 0.717) is 11.3 Å². The van der Waals surface area contributed by atoms with E-state index in [2.05, 4.69) is 11.9 Å². The average Bonchev–Trinajstić information content (AvgIpc) is 2.35. The molecule has 0 saturated heterocycles. The lowest BCUT2D eigenvalue weighted by Gasteiger charge is -2.14. The summed E-state index contributed by atoms with van der Waals surface area (Å²) in [6.45, 7) is 2.65. The van der Waals surface area contributed by atoms with E-state index in [1.54, 1.807) is 31.4 Å². The van der Waals surface area contributed by atoms with E-state index in [-0.39, 0.29) is 0 Å². The number of carbonyl (C=O) groups is 1. The van der Waals surface area contributed by atoms with Crippen molar-refractivity contribution in [2.75, 3.05) is 13.8 Å². The Hall–Kier alpha value is -1.84. The van der Waals surface area contributed by atoms with E-state index in [1.165, 1.54) is 0 Å². The molecule has 0 aliphatic heterocycles. The summed E-state index contributed by atoms with van der Waals surface area (Å²) >= 11 is 0. The number of methoxy groups -OCH3 is 1. The molecule has 0 spiro atoms. The third-order valence-electron chi connectivity index (χ3n) is 2.17. The highest BCUT2D eigenvalue weighted by molar-refractivity contribution is 5.87. The number of rotatable bonds is 5. The van der Waals surface area contributed by atoms with Crippen LogP contribution >= 0.6 is 0 Å². The molecule has 16 heavy (non-hydrogen) atoms. The molecule has 0 radical (unpaired) electrons. The van der Waals surface area contributed by atoms with Gasteiger partial charge in [0.15, 0.2) is 0 Å². The number of halogens is 1. The van der Waals surface area contributed by atoms with Crippen molar-refractivity contribution in [2.45, 2.75) is 6.04 Å². The largest absolute Gasteiger partial charge is 0.497 e. The van der Waals surface area contributed by atoms with Gasteiger partial charge in [-0.2, -0.15) is 0 Å². The Morgan fingerprint density at radius 2 is 2.19 bits per heavy atom. The molecule has 0 fully saturated rings. The van der Waals surface area contributed by atoms with Gasteiger partial charge in [0.1, 0.15) is 12.4 Å². The monoisotopic (exact) mass is 223 g/mol. The van der Waals surface area contributed by atoms with Crippen molar-refractivity contribution < 1.29 is 13.9 Å². The van der Waals surface area contributed by atoms with Crippen molar-refractivity contribution in [2.24, 2.45) is 0 Å². The molecule has 0 aliphatic carbocycles. The maximum absolute atomic E-state index is 12.7. The lowest BCUT2D eigenvalue weighted by atomic mass is 10.1. The van der Waals surface area contributed by atoms with Crippen LogP contribution in [-0.2, 0) is 4.79 Å². The summed E-state index contributed by atoms with van der Waals surface area (Å²) in [5.74, 6) is 0.301. The first-order chi connectivity index (χ1) is 7.71. The van der Waals surface area contributed by atoms with E-state index in [4.69, 9.17) is 4.74 Å². The van der Waals surface area contributed by atoms with Gasteiger partial charge in [-0.15, -0.1) is 0 Å². The predicted octanol–water partition coefficient (Wildman–Crippen LogP) is 2.01. The highest BCUT2D eigenvalue weighted by atomic mass is 19.1.